The lowest BCUT2D eigenvalue weighted by molar-refractivity contribution is -0.142. The average molecular weight is 440 g/mol. The Morgan fingerprint density at radius 2 is 1.69 bits per heavy atom. The quantitative estimate of drug-likeness (QED) is 0.666. The van der Waals surface area contributed by atoms with Crippen molar-refractivity contribution < 1.29 is 28.6 Å². The molecule has 1 N–H and O–H groups in total. The van der Waals surface area contributed by atoms with Crippen molar-refractivity contribution in [2.45, 2.75) is 32.4 Å². The third kappa shape index (κ3) is 5.01. The molecule has 1 unspecified atom stereocenters. The van der Waals surface area contributed by atoms with E-state index >= 15 is 0 Å². The molecule has 0 spiro atoms. The van der Waals surface area contributed by atoms with Crippen molar-refractivity contribution in [3.05, 3.63) is 58.7 Å². The van der Waals surface area contributed by atoms with Crippen molar-refractivity contribution >= 4 is 17.8 Å². The zero-order valence-electron chi connectivity index (χ0n) is 18.8. The number of carbonyl (C=O) groups is 3. The summed E-state index contributed by atoms with van der Waals surface area (Å²) in [5.41, 5.74) is 3.25. The molecular formula is C24H28N2O6. The summed E-state index contributed by atoms with van der Waals surface area (Å²) in [6.07, 6.45) is 0.658. The number of hydrogen-bond acceptors (Lipinski definition) is 6. The van der Waals surface area contributed by atoms with Gasteiger partial charge in [0.1, 0.15) is 0 Å². The van der Waals surface area contributed by atoms with Gasteiger partial charge in [-0.25, -0.2) is 0 Å². The highest BCUT2D eigenvalue weighted by atomic mass is 16.5. The van der Waals surface area contributed by atoms with E-state index in [1.54, 1.807) is 31.3 Å². The van der Waals surface area contributed by atoms with Crippen molar-refractivity contribution in [1.82, 2.24) is 10.2 Å². The third-order valence-electron chi connectivity index (χ3n) is 5.59. The first kappa shape index (κ1) is 23.1. The van der Waals surface area contributed by atoms with Gasteiger partial charge < -0.3 is 24.4 Å². The molecular weight excluding hydrogens is 412 g/mol. The van der Waals surface area contributed by atoms with Crippen LogP contribution in [-0.2, 0) is 27.3 Å². The molecule has 8 heteroatoms. The monoisotopic (exact) mass is 440 g/mol. The van der Waals surface area contributed by atoms with Gasteiger partial charge in [-0.3, -0.25) is 14.4 Å². The zero-order chi connectivity index (χ0) is 23.3. The molecule has 2 aromatic carbocycles. The van der Waals surface area contributed by atoms with E-state index in [1.165, 1.54) is 14.0 Å². The van der Waals surface area contributed by atoms with Crippen LogP contribution in [0, 0.1) is 0 Å². The van der Waals surface area contributed by atoms with Crippen LogP contribution < -0.4 is 14.8 Å². The second-order valence-corrected chi connectivity index (χ2v) is 7.56. The Bertz CT molecular complexity index is 1000. The summed E-state index contributed by atoms with van der Waals surface area (Å²) in [5.74, 6) is 0.455. The molecule has 1 aliphatic heterocycles. The van der Waals surface area contributed by atoms with Gasteiger partial charge in [0.15, 0.2) is 11.5 Å². The van der Waals surface area contributed by atoms with E-state index in [0.717, 1.165) is 16.7 Å². The highest BCUT2D eigenvalue weighted by Crippen LogP contribution is 2.40. The molecule has 8 nitrogen and oxygen atoms in total. The standard InChI is InChI=1S/C24H28N2O6/c1-15(27)25-14-16-5-7-17(8-6-16)24(29)26-10-9-18-11-21(30-2)22(31-3)12-19(18)20(26)13-23(28)32-4/h5-8,11-12,20H,9-10,13-14H2,1-4H3,(H,25,27). The Balaban J connectivity index is 1.92. The van der Waals surface area contributed by atoms with E-state index in [4.69, 9.17) is 14.2 Å². The minimum absolute atomic E-state index is 0.0331. The lowest BCUT2D eigenvalue weighted by Crippen LogP contribution is -2.41. The molecule has 2 aromatic rings. The number of methoxy groups -OCH3 is 3. The summed E-state index contributed by atoms with van der Waals surface area (Å²) >= 11 is 0. The Morgan fingerprint density at radius 1 is 1.03 bits per heavy atom. The maximum Gasteiger partial charge on any atom is 0.307 e. The van der Waals surface area contributed by atoms with E-state index in [9.17, 15) is 14.4 Å². The molecule has 0 saturated carbocycles. The van der Waals surface area contributed by atoms with Crippen LogP contribution in [0.4, 0.5) is 0 Å². The number of rotatable bonds is 7. The SMILES string of the molecule is COC(=O)CC1c2cc(OC)c(OC)cc2CCN1C(=O)c1ccc(CNC(C)=O)cc1. The van der Waals surface area contributed by atoms with Gasteiger partial charge >= 0.3 is 5.97 Å². The van der Waals surface area contributed by atoms with Crippen molar-refractivity contribution in [2.75, 3.05) is 27.9 Å². The maximum absolute atomic E-state index is 13.4. The maximum atomic E-state index is 13.4. The van der Waals surface area contributed by atoms with Crippen molar-refractivity contribution in [2.24, 2.45) is 0 Å². The van der Waals surface area contributed by atoms with Gasteiger partial charge in [0.05, 0.1) is 33.8 Å². The normalized spacial score (nSPS) is 14.9. The largest absolute Gasteiger partial charge is 0.493 e. The average Bonchev–Trinajstić information content (AvgIpc) is 2.81. The van der Waals surface area contributed by atoms with E-state index in [2.05, 4.69) is 5.32 Å². The first-order valence-corrected chi connectivity index (χ1v) is 10.3. The van der Waals surface area contributed by atoms with Crippen molar-refractivity contribution in [1.29, 1.82) is 0 Å². The molecule has 1 atom stereocenters. The van der Waals surface area contributed by atoms with Gasteiger partial charge in [0.25, 0.3) is 5.91 Å². The van der Waals surface area contributed by atoms with Gasteiger partial charge in [0.2, 0.25) is 5.91 Å². The summed E-state index contributed by atoms with van der Waals surface area (Å²) in [7, 11) is 4.46. The molecule has 0 aliphatic carbocycles. The minimum Gasteiger partial charge on any atom is -0.493 e. The lowest BCUT2D eigenvalue weighted by atomic mass is 9.89. The number of fused-ring (bicyclic) bond motifs is 1. The van der Waals surface area contributed by atoms with Crippen LogP contribution in [0.3, 0.4) is 0 Å². The Hall–Kier alpha value is -3.55. The Morgan fingerprint density at radius 3 is 2.28 bits per heavy atom. The number of nitrogens with zero attached hydrogens (tertiary/aromatic N) is 1. The number of benzene rings is 2. The topological polar surface area (TPSA) is 94.2 Å². The molecule has 32 heavy (non-hydrogen) atoms. The lowest BCUT2D eigenvalue weighted by Gasteiger charge is -2.37. The highest BCUT2D eigenvalue weighted by Gasteiger charge is 2.34. The number of carbonyl (C=O) groups excluding carboxylic acids is 3. The molecule has 0 saturated heterocycles. The fourth-order valence-electron chi connectivity index (χ4n) is 3.89. The predicted octanol–water partition coefficient (Wildman–Crippen LogP) is 2.64. The van der Waals surface area contributed by atoms with Crippen LogP contribution in [0.2, 0.25) is 0 Å². The van der Waals surface area contributed by atoms with Gasteiger partial charge in [-0.15, -0.1) is 0 Å². The van der Waals surface area contributed by atoms with E-state index in [0.29, 0.717) is 36.6 Å². The van der Waals surface area contributed by atoms with Crippen LogP contribution in [-0.4, -0.2) is 50.6 Å². The molecule has 0 bridgehead atoms. The molecule has 0 fully saturated rings. The third-order valence-corrected chi connectivity index (χ3v) is 5.59. The van der Waals surface area contributed by atoms with Gasteiger partial charge in [-0.2, -0.15) is 0 Å². The summed E-state index contributed by atoms with van der Waals surface area (Å²) in [6, 6.07) is 10.3. The van der Waals surface area contributed by atoms with Crippen LogP contribution >= 0.6 is 0 Å². The number of amides is 2. The fourth-order valence-corrected chi connectivity index (χ4v) is 3.89. The first-order chi connectivity index (χ1) is 15.4. The smallest absolute Gasteiger partial charge is 0.307 e. The molecule has 2 amide bonds. The van der Waals surface area contributed by atoms with Gasteiger partial charge in [-0.05, 0) is 47.4 Å². The zero-order valence-corrected chi connectivity index (χ0v) is 18.8. The van der Waals surface area contributed by atoms with Gasteiger partial charge in [0, 0.05) is 25.6 Å². The fraction of sp³-hybridized carbons (Fsp3) is 0.375. The molecule has 1 heterocycles. The van der Waals surface area contributed by atoms with E-state index in [1.807, 2.05) is 24.3 Å². The minimum atomic E-state index is -0.488. The second-order valence-electron chi connectivity index (χ2n) is 7.56. The van der Waals surface area contributed by atoms with Crippen LogP contribution in [0.1, 0.15) is 46.4 Å². The second kappa shape index (κ2) is 10.2. The number of hydrogen-bond donors (Lipinski definition) is 1. The Labute approximate surface area is 187 Å². The van der Waals surface area contributed by atoms with Crippen LogP contribution in [0.15, 0.2) is 36.4 Å². The first-order valence-electron chi connectivity index (χ1n) is 10.3. The number of esters is 1. The van der Waals surface area contributed by atoms with E-state index in [-0.39, 0.29) is 18.2 Å². The molecule has 1 aliphatic rings. The molecule has 0 aromatic heterocycles. The summed E-state index contributed by atoms with van der Waals surface area (Å²) in [6.45, 7) is 2.31. The number of ether oxygens (including phenoxy) is 3. The molecule has 0 radical (unpaired) electrons. The summed E-state index contributed by atoms with van der Waals surface area (Å²) in [5, 5.41) is 2.73. The van der Waals surface area contributed by atoms with Crippen molar-refractivity contribution in [3.8, 4) is 11.5 Å². The Kier molecular flexibility index (Phi) is 7.35. The molecule has 170 valence electrons. The number of nitrogens with one attached hydrogen (secondary N) is 1. The van der Waals surface area contributed by atoms with Crippen molar-refractivity contribution in [3.63, 3.8) is 0 Å². The van der Waals surface area contributed by atoms with Gasteiger partial charge in [-0.1, -0.05) is 12.1 Å². The van der Waals surface area contributed by atoms with E-state index < -0.39 is 12.0 Å². The summed E-state index contributed by atoms with van der Waals surface area (Å²) in [4.78, 5) is 38.4. The highest BCUT2D eigenvalue weighted by molar-refractivity contribution is 5.95. The predicted molar refractivity (Wildman–Crippen MR) is 118 cm³/mol. The summed E-state index contributed by atoms with van der Waals surface area (Å²) < 4.78 is 15.7. The van der Waals surface area contributed by atoms with Crippen LogP contribution in [0.25, 0.3) is 0 Å². The molecule has 3 rings (SSSR count). The van der Waals surface area contributed by atoms with Crippen LogP contribution in [0.5, 0.6) is 11.5 Å².